The van der Waals surface area contributed by atoms with Gasteiger partial charge in [-0.1, -0.05) is 29.3 Å². The van der Waals surface area contributed by atoms with E-state index in [1.54, 1.807) is 0 Å². The predicted octanol–water partition coefficient (Wildman–Crippen LogP) is 4.23. The summed E-state index contributed by atoms with van der Waals surface area (Å²) in [4.78, 5) is 2.20. The van der Waals surface area contributed by atoms with Crippen molar-refractivity contribution in [2.75, 3.05) is 18.5 Å². The average molecular weight is 289 g/mol. The summed E-state index contributed by atoms with van der Waals surface area (Å²) >= 11 is 6.10. The molecular weight excluding hydrogens is 268 g/mol. The van der Waals surface area contributed by atoms with Crippen molar-refractivity contribution in [1.29, 1.82) is 0 Å². The number of rotatable bonds is 4. The van der Waals surface area contributed by atoms with Gasteiger partial charge >= 0.3 is 0 Å². The van der Waals surface area contributed by atoms with Crippen LogP contribution < -0.4 is 10.6 Å². The Bertz CT molecular complexity index is 608. The van der Waals surface area contributed by atoms with Crippen molar-refractivity contribution >= 4 is 23.0 Å². The highest BCUT2D eigenvalue weighted by Crippen LogP contribution is 2.31. The molecule has 0 unspecified atom stereocenters. The lowest BCUT2D eigenvalue weighted by atomic mass is 10.1. The molecule has 106 valence electrons. The average Bonchev–Trinajstić information content (AvgIpc) is 2.38. The molecule has 0 radical (unpaired) electrons. The van der Waals surface area contributed by atoms with Crippen LogP contribution in [0.25, 0.3) is 0 Å². The Morgan fingerprint density at radius 3 is 2.40 bits per heavy atom. The van der Waals surface area contributed by atoms with Gasteiger partial charge in [-0.05, 0) is 62.2 Å². The third-order valence-corrected chi connectivity index (χ3v) is 3.77. The van der Waals surface area contributed by atoms with E-state index in [1.807, 2.05) is 12.1 Å². The molecule has 0 aromatic heterocycles. The van der Waals surface area contributed by atoms with E-state index in [2.05, 4.69) is 50.1 Å². The van der Waals surface area contributed by atoms with Crippen LogP contribution in [0.15, 0.2) is 36.4 Å². The first-order valence-electron chi connectivity index (χ1n) is 6.82. The van der Waals surface area contributed by atoms with Crippen molar-refractivity contribution in [3.05, 3.63) is 58.1 Å². The van der Waals surface area contributed by atoms with Crippen LogP contribution in [0.4, 0.5) is 11.4 Å². The first-order chi connectivity index (χ1) is 9.52. The largest absolute Gasteiger partial charge is 0.344 e. The third-order valence-electron chi connectivity index (χ3n) is 3.53. The minimum absolute atomic E-state index is 0.619. The van der Waals surface area contributed by atoms with Gasteiger partial charge in [0, 0.05) is 23.4 Å². The van der Waals surface area contributed by atoms with E-state index < -0.39 is 0 Å². The van der Waals surface area contributed by atoms with E-state index in [-0.39, 0.29) is 0 Å². The topological polar surface area (TPSA) is 29.3 Å². The fraction of sp³-hybridized carbons (Fsp3) is 0.294. The molecule has 2 aromatic rings. The second-order valence-corrected chi connectivity index (χ2v) is 5.60. The summed E-state index contributed by atoms with van der Waals surface area (Å²) in [7, 11) is 2.08. The van der Waals surface area contributed by atoms with Gasteiger partial charge in [0.05, 0.1) is 0 Å². The summed E-state index contributed by atoms with van der Waals surface area (Å²) in [6.45, 7) is 4.87. The van der Waals surface area contributed by atoms with Crippen LogP contribution >= 0.6 is 11.6 Å². The molecule has 2 rings (SSSR count). The lowest BCUT2D eigenvalue weighted by Gasteiger charge is -2.25. The van der Waals surface area contributed by atoms with Gasteiger partial charge in [-0.25, -0.2) is 0 Å². The number of halogens is 1. The zero-order valence-corrected chi connectivity index (χ0v) is 13.0. The number of nitrogens with two attached hydrogens (primary N) is 1. The predicted molar refractivity (Wildman–Crippen MR) is 88.2 cm³/mol. The van der Waals surface area contributed by atoms with E-state index in [4.69, 9.17) is 17.3 Å². The first kappa shape index (κ1) is 14.9. The zero-order chi connectivity index (χ0) is 14.7. The maximum absolute atomic E-state index is 6.10. The lowest BCUT2D eigenvalue weighted by Crippen LogP contribution is -2.14. The third kappa shape index (κ3) is 3.14. The Morgan fingerprint density at radius 2 is 1.75 bits per heavy atom. The molecule has 0 saturated heterocycles. The summed E-state index contributed by atoms with van der Waals surface area (Å²) in [6, 6.07) is 12.5. The van der Waals surface area contributed by atoms with Crippen LogP contribution in [0, 0.1) is 13.8 Å². The van der Waals surface area contributed by atoms with E-state index in [1.165, 1.54) is 22.4 Å². The number of anilines is 2. The Hall–Kier alpha value is -1.51. The molecular formula is C17H21ClN2. The Labute approximate surface area is 126 Å². The molecule has 0 spiro atoms. The highest BCUT2D eigenvalue weighted by molar-refractivity contribution is 6.30. The number of nitrogens with zero attached hydrogens (tertiary/aromatic N) is 1. The standard InChI is InChI=1S/C17H21ClN2/c1-12-4-6-16(13(2)10-12)20(3)17-7-5-15(18)11-14(17)8-9-19/h4-7,10-11H,8-9,19H2,1-3H3. The molecule has 20 heavy (non-hydrogen) atoms. The monoisotopic (exact) mass is 288 g/mol. The second kappa shape index (κ2) is 6.29. The van der Waals surface area contributed by atoms with E-state index in [0.29, 0.717) is 6.54 Å². The summed E-state index contributed by atoms with van der Waals surface area (Å²) in [5.74, 6) is 0. The van der Waals surface area contributed by atoms with E-state index >= 15 is 0 Å². The molecule has 2 nitrogen and oxygen atoms in total. The van der Waals surface area contributed by atoms with Crippen molar-refractivity contribution in [3.63, 3.8) is 0 Å². The zero-order valence-electron chi connectivity index (χ0n) is 12.3. The minimum Gasteiger partial charge on any atom is -0.344 e. The van der Waals surface area contributed by atoms with Gasteiger partial charge < -0.3 is 10.6 Å². The summed E-state index contributed by atoms with van der Waals surface area (Å²) in [6.07, 6.45) is 0.825. The molecule has 0 amide bonds. The second-order valence-electron chi connectivity index (χ2n) is 5.16. The number of hydrogen-bond acceptors (Lipinski definition) is 2. The summed E-state index contributed by atoms with van der Waals surface area (Å²) in [5, 5.41) is 0.756. The normalized spacial score (nSPS) is 10.7. The number of aryl methyl sites for hydroxylation is 2. The molecule has 0 saturated carbocycles. The van der Waals surface area contributed by atoms with Gasteiger partial charge in [-0.15, -0.1) is 0 Å². The molecule has 0 fully saturated rings. The molecule has 0 atom stereocenters. The quantitative estimate of drug-likeness (QED) is 0.912. The Balaban J connectivity index is 2.44. The van der Waals surface area contributed by atoms with E-state index in [0.717, 1.165) is 17.1 Å². The fourth-order valence-electron chi connectivity index (χ4n) is 2.55. The smallest absolute Gasteiger partial charge is 0.0442 e. The molecule has 3 heteroatoms. The van der Waals surface area contributed by atoms with Crippen LogP contribution in [0.2, 0.25) is 5.02 Å². The molecule has 2 aromatic carbocycles. The molecule has 0 aliphatic rings. The van der Waals surface area contributed by atoms with Crippen molar-refractivity contribution in [1.82, 2.24) is 0 Å². The van der Waals surface area contributed by atoms with Crippen molar-refractivity contribution in [2.24, 2.45) is 5.73 Å². The molecule has 2 N–H and O–H groups in total. The molecule has 0 bridgehead atoms. The maximum Gasteiger partial charge on any atom is 0.0442 e. The SMILES string of the molecule is Cc1ccc(N(C)c2ccc(Cl)cc2CCN)c(C)c1. The van der Waals surface area contributed by atoms with Gasteiger partial charge in [-0.2, -0.15) is 0 Å². The fourth-order valence-corrected chi connectivity index (χ4v) is 2.74. The highest BCUT2D eigenvalue weighted by Gasteiger charge is 2.11. The van der Waals surface area contributed by atoms with Crippen molar-refractivity contribution in [2.45, 2.75) is 20.3 Å². The van der Waals surface area contributed by atoms with Gasteiger partial charge in [0.1, 0.15) is 0 Å². The van der Waals surface area contributed by atoms with Crippen LogP contribution in [0.5, 0.6) is 0 Å². The summed E-state index contributed by atoms with van der Waals surface area (Å²) < 4.78 is 0. The molecule has 0 aliphatic carbocycles. The summed E-state index contributed by atoms with van der Waals surface area (Å²) in [5.41, 5.74) is 11.8. The molecule has 0 aliphatic heterocycles. The van der Waals surface area contributed by atoms with Crippen LogP contribution in [0.1, 0.15) is 16.7 Å². The van der Waals surface area contributed by atoms with Crippen molar-refractivity contribution < 1.29 is 0 Å². The first-order valence-corrected chi connectivity index (χ1v) is 7.20. The minimum atomic E-state index is 0.619. The molecule has 0 heterocycles. The lowest BCUT2D eigenvalue weighted by molar-refractivity contribution is 0.960. The van der Waals surface area contributed by atoms with Crippen LogP contribution in [-0.4, -0.2) is 13.6 Å². The van der Waals surface area contributed by atoms with Crippen molar-refractivity contribution in [3.8, 4) is 0 Å². The van der Waals surface area contributed by atoms with Gasteiger partial charge in [0.2, 0.25) is 0 Å². The van der Waals surface area contributed by atoms with Crippen LogP contribution in [0.3, 0.4) is 0 Å². The van der Waals surface area contributed by atoms with Gasteiger partial charge in [0.15, 0.2) is 0 Å². The van der Waals surface area contributed by atoms with Gasteiger partial charge in [0.25, 0.3) is 0 Å². The maximum atomic E-state index is 6.10. The number of benzene rings is 2. The van der Waals surface area contributed by atoms with Gasteiger partial charge in [-0.3, -0.25) is 0 Å². The van der Waals surface area contributed by atoms with Crippen LogP contribution in [-0.2, 0) is 6.42 Å². The number of hydrogen-bond donors (Lipinski definition) is 1. The highest BCUT2D eigenvalue weighted by atomic mass is 35.5. The van der Waals surface area contributed by atoms with E-state index in [9.17, 15) is 0 Å². The Kier molecular flexibility index (Phi) is 4.69. The Morgan fingerprint density at radius 1 is 1.05 bits per heavy atom.